The molecule has 0 aliphatic heterocycles. The number of aromatic nitrogens is 2. The van der Waals surface area contributed by atoms with Crippen molar-refractivity contribution in [2.24, 2.45) is 0 Å². The highest BCUT2D eigenvalue weighted by Gasteiger charge is 2.33. The maximum absolute atomic E-state index is 12.4. The Labute approximate surface area is 108 Å². The Morgan fingerprint density at radius 2 is 2.06 bits per heavy atom. The lowest BCUT2D eigenvalue weighted by molar-refractivity contribution is -0.141. The summed E-state index contributed by atoms with van der Waals surface area (Å²) >= 11 is 5.43. The lowest BCUT2D eigenvalue weighted by Crippen LogP contribution is -2.11. The van der Waals surface area contributed by atoms with Crippen LogP contribution in [-0.2, 0) is 6.18 Å². The van der Waals surface area contributed by atoms with E-state index in [9.17, 15) is 13.2 Å². The second kappa shape index (κ2) is 6.45. The van der Waals surface area contributed by atoms with Crippen molar-refractivity contribution in [3.8, 4) is 12.3 Å². The molecule has 0 unspecified atom stereocenters. The van der Waals surface area contributed by atoms with Gasteiger partial charge in [-0.25, -0.2) is 9.97 Å². The minimum Gasteiger partial charge on any atom is -0.370 e. The molecule has 1 aromatic rings. The second-order valence-corrected chi connectivity index (χ2v) is 3.83. The fourth-order valence-electron chi connectivity index (χ4n) is 1.22. The average molecular weight is 278 g/mol. The topological polar surface area (TPSA) is 37.8 Å². The van der Waals surface area contributed by atoms with E-state index in [0.29, 0.717) is 13.0 Å². The molecule has 0 aliphatic rings. The molecule has 0 saturated carbocycles. The summed E-state index contributed by atoms with van der Waals surface area (Å²) in [5.74, 6) is 2.54. The summed E-state index contributed by atoms with van der Waals surface area (Å²) in [7, 11) is 0. The number of alkyl halides is 3. The summed E-state index contributed by atoms with van der Waals surface area (Å²) in [6.07, 6.45) is 2.72. The van der Waals surface area contributed by atoms with Crippen LogP contribution in [0.3, 0.4) is 0 Å². The van der Waals surface area contributed by atoms with Crippen molar-refractivity contribution in [1.82, 2.24) is 9.97 Å². The van der Waals surface area contributed by atoms with Crippen molar-refractivity contribution in [2.45, 2.75) is 25.4 Å². The molecule has 1 aromatic heterocycles. The van der Waals surface area contributed by atoms with E-state index in [1.54, 1.807) is 0 Å². The van der Waals surface area contributed by atoms with Gasteiger partial charge >= 0.3 is 6.18 Å². The largest absolute Gasteiger partial charge is 0.433 e. The third-order valence-corrected chi connectivity index (χ3v) is 2.21. The molecule has 98 valence electrons. The minimum absolute atomic E-state index is 0.0584. The van der Waals surface area contributed by atoms with Crippen molar-refractivity contribution in [3.63, 3.8) is 0 Å². The summed E-state index contributed by atoms with van der Waals surface area (Å²) in [6.45, 7) is 0.478. The molecule has 0 bridgehead atoms. The van der Waals surface area contributed by atoms with E-state index < -0.39 is 17.2 Å². The van der Waals surface area contributed by atoms with Crippen LogP contribution in [-0.4, -0.2) is 16.5 Å². The predicted molar refractivity (Wildman–Crippen MR) is 63.2 cm³/mol. The van der Waals surface area contributed by atoms with Crippen molar-refractivity contribution in [1.29, 1.82) is 0 Å². The van der Waals surface area contributed by atoms with E-state index in [4.69, 9.17) is 18.0 Å². The van der Waals surface area contributed by atoms with Crippen LogP contribution in [0.4, 0.5) is 19.0 Å². The molecule has 1 heterocycles. The predicted octanol–water partition coefficient (Wildman–Crippen LogP) is 3.36. The molecular formula is C11H11ClF3N3. The first-order chi connectivity index (χ1) is 8.43. The number of hydrogen-bond acceptors (Lipinski definition) is 3. The maximum Gasteiger partial charge on any atom is 0.433 e. The fourth-order valence-corrected chi connectivity index (χ4v) is 1.40. The number of anilines is 1. The van der Waals surface area contributed by atoms with Gasteiger partial charge in [0.25, 0.3) is 0 Å². The molecule has 0 aliphatic carbocycles. The number of nitrogens with one attached hydrogen (secondary N) is 1. The van der Waals surface area contributed by atoms with Gasteiger partial charge in [-0.15, -0.1) is 12.3 Å². The van der Waals surface area contributed by atoms with Crippen molar-refractivity contribution in [2.75, 3.05) is 11.9 Å². The highest BCUT2D eigenvalue weighted by molar-refractivity contribution is 6.28. The normalized spacial score (nSPS) is 11.1. The van der Waals surface area contributed by atoms with Crippen LogP contribution in [0.5, 0.6) is 0 Å². The molecule has 0 fully saturated rings. The van der Waals surface area contributed by atoms with Crippen molar-refractivity contribution < 1.29 is 13.2 Å². The van der Waals surface area contributed by atoms with Gasteiger partial charge in [-0.1, -0.05) is 0 Å². The SMILES string of the molecule is C#CCCCCNc1cc(C(F)(F)F)nc(Cl)n1. The highest BCUT2D eigenvalue weighted by atomic mass is 35.5. The zero-order valence-corrected chi connectivity index (χ0v) is 10.1. The Bertz CT molecular complexity index is 440. The van der Waals surface area contributed by atoms with Crippen LogP contribution in [0.15, 0.2) is 6.07 Å². The molecule has 0 atom stereocenters. The van der Waals surface area contributed by atoms with Gasteiger partial charge in [-0.2, -0.15) is 13.2 Å². The first kappa shape index (κ1) is 14.6. The Morgan fingerprint density at radius 1 is 1.33 bits per heavy atom. The van der Waals surface area contributed by atoms with Crippen molar-refractivity contribution in [3.05, 3.63) is 17.0 Å². The molecule has 18 heavy (non-hydrogen) atoms. The standard InChI is InChI=1S/C11H11ClF3N3/c1-2-3-4-5-6-16-9-7-8(11(13,14)15)17-10(12)18-9/h1,7H,3-6H2,(H,16,17,18). The molecule has 0 saturated heterocycles. The van der Waals surface area contributed by atoms with Gasteiger partial charge in [0.2, 0.25) is 5.28 Å². The molecule has 1 N–H and O–H groups in total. The summed E-state index contributed by atoms with van der Waals surface area (Å²) in [5, 5.41) is 2.32. The Balaban J connectivity index is 2.61. The maximum atomic E-state index is 12.4. The number of nitrogens with zero attached hydrogens (tertiary/aromatic N) is 2. The zero-order valence-electron chi connectivity index (χ0n) is 9.39. The van der Waals surface area contributed by atoms with Gasteiger partial charge in [0, 0.05) is 19.0 Å². The Morgan fingerprint density at radius 3 is 2.67 bits per heavy atom. The monoisotopic (exact) mass is 277 g/mol. The quantitative estimate of drug-likeness (QED) is 0.509. The molecule has 0 aromatic carbocycles. The number of rotatable bonds is 5. The Kier molecular flexibility index (Phi) is 5.23. The molecular weight excluding hydrogens is 267 g/mol. The molecule has 7 heteroatoms. The van der Waals surface area contributed by atoms with Gasteiger partial charge in [0.05, 0.1) is 0 Å². The van der Waals surface area contributed by atoms with E-state index in [1.165, 1.54) is 0 Å². The average Bonchev–Trinajstić information content (AvgIpc) is 2.27. The third kappa shape index (κ3) is 4.80. The lowest BCUT2D eigenvalue weighted by Gasteiger charge is -2.09. The van der Waals surface area contributed by atoms with Crippen molar-refractivity contribution >= 4 is 17.4 Å². The van der Waals surface area contributed by atoms with Gasteiger partial charge in [-0.05, 0) is 24.4 Å². The van der Waals surface area contributed by atoms with E-state index in [0.717, 1.165) is 18.9 Å². The number of terminal acetylenes is 1. The number of halogens is 4. The molecule has 0 radical (unpaired) electrons. The summed E-state index contributed by atoms with van der Waals surface area (Å²) in [6, 6.07) is 0.826. The first-order valence-corrected chi connectivity index (χ1v) is 5.60. The van der Waals surface area contributed by atoms with Crippen LogP contribution in [0.25, 0.3) is 0 Å². The minimum atomic E-state index is -4.54. The first-order valence-electron chi connectivity index (χ1n) is 5.22. The smallest absolute Gasteiger partial charge is 0.370 e. The fraction of sp³-hybridized carbons (Fsp3) is 0.455. The number of hydrogen-bond donors (Lipinski definition) is 1. The molecule has 0 amide bonds. The molecule has 1 rings (SSSR count). The summed E-state index contributed by atoms with van der Waals surface area (Å²) < 4.78 is 37.3. The second-order valence-electron chi connectivity index (χ2n) is 3.49. The number of unbranched alkanes of at least 4 members (excludes halogenated alkanes) is 2. The third-order valence-electron chi connectivity index (χ3n) is 2.04. The molecule has 3 nitrogen and oxygen atoms in total. The highest BCUT2D eigenvalue weighted by Crippen LogP contribution is 2.29. The van der Waals surface area contributed by atoms with E-state index >= 15 is 0 Å². The zero-order chi connectivity index (χ0) is 13.6. The van der Waals surface area contributed by atoms with Gasteiger partial charge < -0.3 is 5.32 Å². The van der Waals surface area contributed by atoms with E-state index in [1.807, 2.05) is 0 Å². The summed E-state index contributed by atoms with van der Waals surface area (Å²) in [4.78, 5) is 6.79. The van der Waals surface area contributed by atoms with Gasteiger partial charge in [0.15, 0.2) is 5.69 Å². The van der Waals surface area contributed by atoms with Crippen LogP contribution < -0.4 is 5.32 Å². The van der Waals surface area contributed by atoms with E-state index in [-0.39, 0.29) is 5.82 Å². The summed E-state index contributed by atoms with van der Waals surface area (Å²) in [5.41, 5.74) is -1.06. The Hall–Kier alpha value is -1.48. The van der Waals surface area contributed by atoms with Gasteiger partial charge in [0.1, 0.15) is 5.82 Å². The van der Waals surface area contributed by atoms with E-state index in [2.05, 4.69) is 21.2 Å². The van der Waals surface area contributed by atoms with Crippen LogP contribution in [0, 0.1) is 12.3 Å². The van der Waals surface area contributed by atoms with Crippen LogP contribution >= 0.6 is 11.6 Å². The molecule has 0 spiro atoms. The van der Waals surface area contributed by atoms with Crippen LogP contribution in [0.2, 0.25) is 5.28 Å². The van der Waals surface area contributed by atoms with Gasteiger partial charge in [-0.3, -0.25) is 0 Å². The van der Waals surface area contributed by atoms with Crippen LogP contribution in [0.1, 0.15) is 25.0 Å². The lowest BCUT2D eigenvalue weighted by atomic mass is 10.2.